The van der Waals surface area contributed by atoms with Crippen LogP contribution in [-0.4, -0.2) is 43.1 Å². The van der Waals surface area contributed by atoms with Crippen LogP contribution in [0, 0.1) is 0 Å². The highest BCUT2D eigenvalue weighted by atomic mass is 16.5. The third-order valence-electron chi connectivity index (χ3n) is 4.76. The van der Waals surface area contributed by atoms with Crippen LogP contribution in [0.4, 0.5) is 0 Å². The molecule has 31 heavy (non-hydrogen) atoms. The number of fused-ring (bicyclic) bond motifs is 1. The summed E-state index contributed by atoms with van der Waals surface area (Å²) in [5.41, 5.74) is 5.15. The molecule has 0 aliphatic heterocycles. The van der Waals surface area contributed by atoms with Gasteiger partial charge in [0, 0.05) is 6.42 Å². The van der Waals surface area contributed by atoms with Crippen molar-refractivity contribution in [3.05, 3.63) is 58.4 Å². The van der Waals surface area contributed by atoms with Gasteiger partial charge in [0.15, 0.2) is 11.2 Å². The average Bonchev–Trinajstić information content (AvgIpc) is 3.27. The Morgan fingerprint density at radius 1 is 1.19 bits per heavy atom. The third kappa shape index (κ3) is 4.28. The number of aryl methyl sites for hydroxylation is 1. The van der Waals surface area contributed by atoms with E-state index in [1.54, 1.807) is 5.48 Å². The van der Waals surface area contributed by atoms with E-state index in [1.165, 1.54) is 0 Å². The van der Waals surface area contributed by atoms with Gasteiger partial charge in [-0.25, -0.2) is 15.6 Å². The Hall–Kier alpha value is -4.05. The van der Waals surface area contributed by atoms with Crippen molar-refractivity contribution in [2.75, 3.05) is 6.61 Å². The molecule has 2 aromatic heterocycles. The predicted molar refractivity (Wildman–Crippen MR) is 113 cm³/mol. The van der Waals surface area contributed by atoms with Crippen LogP contribution in [0.2, 0.25) is 0 Å². The van der Waals surface area contributed by atoms with Crippen molar-refractivity contribution in [2.24, 2.45) is 0 Å². The van der Waals surface area contributed by atoms with E-state index in [1.807, 2.05) is 49.4 Å². The Kier molecular flexibility index (Phi) is 5.72. The maximum absolute atomic E-state index is 12.3. The molecule has 2 aromatic carbocycles. The molecule has 4 aromatic rings. The van der Waals surface area contributed by atoms with E-state index in [0.29, 0.717) is 35.8 Å². The molecular weight excluding hydrogens is 400 g/mol. The van der Waals surface area contributed by atoms with E-state index in [0.717, 1.165) is 16.7 Å². The van der Waals surface area contributed by atoms with Crippen molar-refractivity contribution >= 4 is 17.1 Å². The van der Waals surface area contributed by atoms with Gasteiger partial charge in [-0.05, 0) is 42.2 Å². The summed E-state index contributed by atoms with van der Waals surface area (Å²) >= 11 is 0. The van der Waals surface area contributed by atoms with Crippen molar-refractivity contribution in [3.8, 4) is 28.3 Å². The van der Waals surface area contributed by atoms with Gasteiger partial charge in [0.05, 0.1) is 12.2 Å². The number of aromatic amines is 2. The molecule has 10 heteroatoms. The van der Waals surface area contributed by atoms with Crippen LogP contribution in [0.1, 0.15) is 18.9 Å². The van der Waals surface area contributed by atoms with Crippen molar-refractivity contribution in [1.82, 2.24) is 30.9 Å². The number of H-pyrrole nitrogens is 2. The Morgan fingerprint density at radius 3 is 2.84 bits per heavy atom. The first kappa shape index (κ1) is 20.2. The van der Waals surface area contributed by atoms with Crippen LogP contribution in [0.3, 0.4) is 0 Å². The topological polar surface area (TPSA) is 146 Å². The number of nitrogens with one attached hydrogen (secondary N) is 3. The maximum atomic E-state index is 12.3. The number of hydrogen-bond acceptors (Lipinski definition) is 7. The molecule has 4 rings (SSSR count). The summed E-state index contributed by atoms with van der Waals surface area (Å²) in [6.45, 7) is 2.31. The van der Waals surface area contributed by atoms with E-state index < -0.39 is 5.91 Å². The molecule has 1 amide bonds. The molecule has 0 unspecified atom stereocenters. The van der Waals surface area contributed by atoms with Crippen LogP contribution in [-0.2, 0) is 11.2 Å². The SMILES string of the molecule is CCOc1cc(-c2cccc(CCC(=O)NO)c2)ccc1-c1nc2[nH]nnc2c(=O)[nH]1. The quantitative estimate of drug-likeness (QED) is 0.265. The smallest absolute Gasteiger partial charge is 0.281 e. The Balaban J connectivity index is 1.70. The normalized spacial score (nSPS) is 10.9. The van der Waals surface area contributed by atoms with Crippen LogP contribution >= 0.6 is 0 Å². The van der Waals surface area contributed by atoms with Crippen molar-refractivity contribution in [3.63, 3.8) is 0 Å². The fourth-order valence-corrected chi connectivity index (χ4v) is 3.28. The van der Waals surface area contributed by atoms with Crippen molar-refractivity contribution in [2.45, 2.75) is 19.8 Å². The highest BCUT2D eigenvalue weighted by molar-refractivity contribution is 5.77. The maximum Gasteiger partial charge on any atom is 0.281 e. The van der Waals surface area contributed by atoms with Crippen LogP contribution in [0.15, 0.2) is 47.3 Å². The number of hydrogen-bond donors (Lipinski definition) is 4. The molecule has 158 valence electrons. The lowest BCUT2D eigenvalue weighted by molar-refractivity contribution is -0.129. The second-order valence-electron chi connectivity index (χ2n) is 6.80. The Bertz CT molecular complexity index is 1300. The number of carbonyl (C=O) groups excluding carboxylic acids is 1. The summed E-state index contributed by atoms with van der Waals surface area (Å²) in [6.07, 6.45) is 0.688. The van der Waals surface area contributed by atoms with Crippen LogP contribution in [0.5, 0.6) is 5.75 Å². The molecule has 0 spiro atoms. The van der Waals surface area contributed by atoms with Crippen molar-refractivity contribution < 1.29 is 14.7 Å². The molecule has 0 fully saturated rings. The summed E-state index contributed by atoms with van der Waals surface area (Å²) in [5.74, 6) is 0.488. The third-order valence-corrected chi connectivity index (χ3v) is 4.76. The first-order valence-corrected chi connectivity index (χ1v) is 9.69. The van der Waals surface area contributed by atoms with Gasteiger partial charge in [-0.1, -0.05) is 35.5 Å². The lowest BCUT2D eigenvalue weighted by Crippen LogP contribution is -2.18. The second kappa shape index (κ2) is 8.76. The molecule has 0 atom stereocenters. The fraction of sp³-hybridized carbons (Fsp3) is 0.190. The highest BCUT2D eigenvalue weighted by Crippen LogP contribution is 2.33. The number of hydroxylamine groups is 1. The van der Waals surface area contributed by atoms with Crippen molar-refractivity contribution in [1.29, 1.82) is 0 Å². The van der Waals surface area contributed by atoms with E-state index in [2.05, 4.69) is 25.4 Å². The molecule has 0 saturated carbocycles. The largest absolute Gasteiger partial charge is 0.493 e. The monoisotopic (exact) mass is 420 g/mol. The van der Waals surface area contributed by atoms with Gasteiger partial charge >= 0.3 is 0 Å². The molecule has 0 saturated heterocycles. The van der Waals surface area contributed by atoms with Gasteiger partial charge in [-0.15, -0.1) is 5.10 Å². The first-order chi connectivity index (χ1) is 15.1. The minimum absolute atomic E-state index is 0.144. The van der Waals surface area contributed by atoms with Crippen LogP contribution in [0.25, 0.3) is 33.7 Å². The van der Waals surface area contributed by atoms with Gasteiger partial charge in [0.25, 0.3) is 5.56 Å². The summed E-state index contributed by atoms with van der Waals surface area (Å²) in [5, 5.41) is 18.6. The zero-order valence-corrected chi connectivity index (χ0v) is 16.7. The summed E-state index contributed by atoms with van der Waals surface area (Å²) in [4.78, 5) is 30.7. The zero-order chi connectivity index (χ0) is 21.8. The zero-order valence-electron chi connectivity index (χ0n) is 16.7. The molecule has 0 bridgehead atoms. The summed E-state index contributed by atoms with van der Waals surface area (Å²) in [6, 6.07) is 13.4. The number of rotatable bonds is 7. The van der Waals surface area contributed by atoms with Gasteiger partial charge in [-0.2, -0.15) is 0 Å². The van der Waals surface area contributed by atoms with Gasteiger partial charge in [-0.3, -0.25) is 14.8 Å². The van der Waals surface area contributed by atoms with Gasteiger partial charge in [0.1, 0.15) is 11.6 Å². The fourth-order valence-electron chi connectivity index (χ4n) is 3.28. The van der Waals surface area contributed by atoms with Crippen LogP contribution < -0.4 is 15.8 Å². The molecule has 4 N–H and O–H groups in total. The van der Waals surface area contributed by atoms with E-state index >= 15 is 0 Å². The number of benzene rings is 2. The van der Waals surface area contributed by atoms with Gasteiger partial charge in [0.2, 0.25) is 5.91 Å². The molecule has 10 nitrogen and oxygen atoms in total. The Morgan fingerprint density at radius 2 is 2.03 bits per heavy atom. The molecular formula is C21H20N6O4. The lowest BCUT2D eigenvalue weighted by Gasteiger charge is -2.12. The lowest BCUT2D eigenvalue weighted by atomic mass is 9.99. The van der Waals surface area contributed by atoms with E-state index in [4.69, 9.17) is 9.94 Å². The molecule has 0 aliphatic rings. The Labute approximate surface area is 176 Å². The van der Waals surface area contributed by atoms with E-state index in [-0.39, 0.29) is 17.5 Å². The molecule has 0 aliphatic carbocycles. The number of nitrogens with zero attached hydrogens (tertiary/aromatic N) is 3. The average molecular weight is 420 g/mol. The van der Waals surface area contributed by atoms with Gasteiger partial charge < -0.3 is 9.72 Å². The minimum Gasteiger partial charge on any atom is -0.493 e. The number of amides is 1. The first-order valence-electron chi connectivity index (χ1n) is 9.69. The predicted octanol–water partition coefficient (Wildman–Crippen LogP) is 2.21. The highest BCUT2D eigenvalue weighted by Gasteiger charge is 2.14. The van der Waals surface area contributed by atoms with E-state index in [9.17, 15) is 9.59 Å². The number of aromatic nitrogens is 5. The second-order valence-corrected chi connectivity index (χ2v) is 6.80. The standard InChI is InChI=1S/C21H20N6O4/c1-2-31-16-11-14(13-5-3-4-12(10-13)6-9-17(28)26-30)7-8-15(16)19-22-20-18(21(29)23-19)24-27-25-20/h3-5,7-8,10-11,30H,2,6,9H2,1H3,(H,26,28)(H2,22,23,24,25,27,29). The molecule has 2 heterocycles. The number of carbonyl (C=O) groups is 1. The summed E-state index contributed by atoms with van der Waals surface area (Å²) < 4.78 is 5.83. The minimum atomic E-state index is -0.431. The number of ether oxygens (including phenoxy) is 1. The molecule has 0 radical (unpaired) electrons. The summed E-state index contributed by atoms with van der Waals surface area (Å²) in [7, 11) is 0.